The molecule has 0 bridgehead atoms. The van der Waals surface area contributed by atoms with Crippen LogP contribution in [0.1, 0.15) is 16.1 Å². The number of carbonyl (C=O) groups is 1. The number of rotatable bonds is 7. The van der Waals surface area contributed by atoms with Gasteiger partial charge in [0.1, 0.15) is 5.82 Å². The highest BCUT2D eigenvalue weighted by Crippen LogP contribution is 2.31. The molecule has 186 valence electrons. The summed E-state index contributed by atoms with van der Waals surface area (Å²) in [6.45, 7) is 0.138. The average molecular weight is 533 g/mol. The van der Waals surface area contributed by atoms with Gasteiger partial charge >= 0.3 is 0 Å². The van der Waals surface area contributed by atoms with Crippen LogP contribution in [0.15, 0.2) is 102 Å². The lowest BCUT2D eigenvalue weighted by Crippen LogP contribution is -2.31. The quantitative estimate of drug-likeness (QED) is 0.276. The maximum absolute atomic E-state index is 13.8. The predicted molar refractivity (Wildman–Crippen MR) is 143 cm³/mol. The van der Waals surface area contributed by atoms with E-state index in [1.54, 1.807) is 48.7 Å². The molecule has 10 heteroatoms. The maximum Gasteiger partial charge on any atom is 0.264 e. The van der Waals surface area contributed by atoms with E-state index in [0.717, 1.165) is 0 Å². The van der Waals surface area contributed by atoms with E-state index < -0.39 is 10.0 Å². The molecule has 7 nitrogen and oxygen atoms in total. The first-order valence-electron chi connectivity index (χ1n) is 11.2. The van der Waals surface area contributed by atoms with Gasteiger partial charge < -0.3 is 0 Å². The van der Waals surface area contributed by atoms with Crippen molar-refractivity contribution in [2.45, 2.75) is 11.4 Å². The molecular weight excluding hydrogens is 511 g/mol. The smallest absolute Gasteiger partial charge is 0.264 e. The van der Waals surface area contributed by atoms with Gasteiger partial charge in [-0.1, -0.05) is 35.6 Å². The van der Waals surface area contributed by atoms with Crippen LogP contribution in [0, 0.1) is 5.82 Å². The number of para-hydroxylation sites is 1. The molecule has 0 aliphatic carbocycles. The van der Waals surface area contributed by atoms with Gasteiger partial charge in [-0.15, -0.1) is 0 Å². The summed E-state index contributed by atoms with van der Waals surface area (Å²) in [7, 11) is -2.34. The third-order valence-electron chi connectivity index (χ3n) is 5.74. The van der Waals surface area contributed by atoms with Gasteiger partial charge in [0, 0.05) is 18.8 Å². The largest absolute Gasteiger partial charge is 0.278 e. The number of thiazole rings is 1. The maximum atomic E-state index is 13.8. The van der Waals surface area contributed by atoms with Crippen LogP contribution in [0.4, 0.5) is 15.2 Å². The third kappa shape index (κ3) is 5.07. The van der Waals surface area contributed by atoms with Crippen molar-refractivity contribution in [2.24, 2.45) is 0 Å². The Bertz CT molecular complexity index is 1660. The van der Waals surface area contributed by atoms with Crippen molar-refractivity contribution in [3.63, 3.8) is 0 Å². The van der Waals surface area contributed by atoms with Crippen LogP contribution in [-0.2, 0) is 16.6 Å². The van der Waals surface area contributed by atoms with Crippen molar-refractivity contribution in [3.8, 4) is 0 Å². The molecule has 0 spiro atoms. The van der Waals surface area contributed by atoms with E-state index in [1.807, 2.05) is 12.1 Å². The Morgan fingerprint density at radius 2 is 1.68 bits per heavy atom. The normalized spacial score (nSPS) is 11.4. The molecule has 1 amide bonds. The van der Waals surface area contributed by atoms with Crippen molar-refractivity contribution >= 4 is 48.3 Å². The molecule has 0 saturated heterocycles. The second-order valence-electron chi connectivity index (χ2n) is 8.15. The SMILES string of the molecule is CN(c1ccccc1)S(=O)(=O)c1ccc(C(=O)N(Cc2ccccn2)c2nc3ccc(F)cc3s2)cc1. The molecule has 2 aromatic heterocycles. The molecule has 0 aliphatic rings. The number of pyridine rings is 1. The lowest BCUT2D eigenvalue weighted by molar-refractivity contribution is 0.0984. The molecule has 0 radical (unpaired) electrons. The number of carbonyl (C=O) groups excluding carboxylic acids is 1. The van der Waals surface area contributed by atoms with E-state index in [1.165, 1.54) is 64.0 Å². The monoisotopic (exact) mass is 532 g/mol. The summed E-state index contributed by atoms with van der Waals surface area (Å²) < 4.78 is 41.8. The van der Waals surface area contributed by atoms with Crippen molar-refractivity contribution in [3.05, 3.63) is 114 Å². The number of aromatic nitrogens is 2. The van der Waals surface area contributed by atoms with E-state index in [0.29, 0.717) is 26.7 Å². The Labute approximate surface area is 217 Å². The van der Waals surface area contributed by atoms with Crippen molar-refractivity contribution in [2.75, 3.05) is 16.3 Å². The minimum atomic E-state index is -3.82. The molecule has 0 fully saturated rings. The van der Waals surface area contributed by atoms with Gasteiger partial charge in [0.15, 0.2) is 5.13 Å². The van der Waals surface area contributed by atoms with Gasteiger partial charge in [-0.3, -0.25) is 19.0 Å². The zero-order valence-electron chi connectivity index (χ0n) is 19.7. The number of nitrogens with zero attached hydrogens (tertiary/aromatic N) is 4. The second-order valence-corrected chi connectivity index (χ2v) is 11.1. The Morgan fingerprint density at radius 3 is 2.38 bits per heavy atom. The van der Waals surface area contributed by atoms with Gasteiger partial charge in [-0.2, -0.15) is 0 Å². The molecule has 3 aromatic carbocycles. The molecule has 2 heterocycles. The summed E-state index contributed by atoms with van der Waals surface area (Å²) in [6.07, 6.45) is 1.63. The standard InChI is InChI=1S/C27H21FN4O3S2/c1-31(22-8-3-2-4-9-22)37(34,35)23-13-10-19(11-14-23)26(33)32(18-21-7-5-6-16-29-21)27-30-24-15-12-20(28)17-25(24)36-27/h2-17H,18H2,1H3. The molecule has 0 atom stereocenters. The first kappa shape index (κ1) is 24.5. The molecule has 5 rings (SSSR count). The fraction of sp³-hybridized carbons (Fsp3) is 0.0741. The van der Waals surface area contributed by atoms with E-state index in [-0.39, 0.29) is 28.7 Å². The first-order chi connectivity index (χ1) is 17.8. The summed E-state index contributed by atoms with van der Waals surface area (Å²) >= 11 is 1.19. The molecule has 5 aromatic rings. The highest BCUT2D eigenvalue weighted by molar-refractivity contribution is 7.92. The number of sulfonamides is 1. The first-order valence-corrected chi connectivity index (χ1v) is 13.5. The lowest BCUT2D eigenvalue weighted by atomic mass is 10.2. The fourth-order valence-electron chi connectivity index (χ4n) is 3.74. The lowest BCUT2D eigenvalue weighted by Gasteiger charge is -2.21. The summed E-state index contributed by atoms with van der Waals surface area (Å²) in [5, 5.41) is 0.386. The van der Waals surface area contributed by atoms with Gasteiger partial charge in [0.05, 0.1) is 33.0 Å². The minimum Gasteiger partial charge on any atom is -0.278 e. The van der Waals surface area contributed by atoms with Crippen LogP contribution >= 0.6 is 11.3 Å². The molecule has 0 saturated carbocycles. The summed E-state index contributed by atoms with van der Waals surface area (Å²) in [4.78, 5) is 24.0. The van der Waals surface area contributed by atoms with Gasteiger partial charge in [-0.05, 0) is 66.7 Å². The van der Waals surface area contributed by atoms with Crippen LogP contribution in [-0.4, -0.2) is 31.3 Å². The van der Waals surface area contributed by atoms with Gasteiger partial charge in [0.25, 0.3) is 15.9 Å². The van der Waals surface area contributed by atoms with E-state index in [2.05, 4.69) is 9.97 Å². The molecular formula is C27H21FN4O3S2. The topological polar surface area (TPSA) is 83.5 Å². The predicted octanol–water partition coefficient (Wildman–Crippen LogP) is 5.50. The zero-order chi connectivity index (χ0) is 26.0. The van der Waals surface area contributed by atoms with Crippen LogP contribution in [0.25, 0.3) is 10.2 Å². The number of halogens is 1. The van der Waals surface area contributed by atoms with E-state index >= 15 is 0 Å². The molecule has 0 unspecified atom stereocenters. The van der Waals surface area contributed by atoms with Crippen molar-refractivity contribution in [1.29, 1.82) is 0 Å². The number of benzene rings is 3. The van der Waals surface area contributed by atoms with Gasteiger partial charge in [-0.25, -0.2) is 17.8 Å². The molecule has 0 N–H and O–H groups in total. The Morgan fingerprint density at radius 1 is 0.946 bits per heavy atom. The summed E-state index contributed by atoms with van der Waals surface area (Å²) in [5.74, 6) is -0.770. The van der Waals surface area contributed by atoms with Crippen LogP contribution in [0.2, 0.25) is 0 Å². The summed E-state index contributed by atoms with van der Waals surface area (Å²) in [5.41, 5.74) is 2.02. The number of hydrogen-bond donors (Lipinski definition) is 0. The fourth-order valence-corrected chi connectivity index (χ4v) is 5.93. The van der Waals surface area contributed by atoms with Crippen LogP contribution in [0.3, 0.4) is 0 Å². The minimum absolute atomic E-state index is 0.0575. The van der Waals surface area contributed by atoms with Crippen LogP contribution < -0.4 is 9.21 Å². The Kier molecular flexibility index (Phi) is 6.68. The highest BCUT2D eigenvalue weighted by Gasteiger charge is 2.25. The summed E-state index contributed by atoms with van der Waals surface area (Å²) in [6, 6.07) is 24.2. The number of anilines is 2. The number of hydrogen-bond acceptors (Lipinski definition) is 6. The van der Waals surface area contributed by atoms with E-state index in [9.17, 15) is 17.6 Å². The molecule has 37 heavy (non-hydrogen) atoms. The molecule has 0 aliphatic heterocycles. The highest BCUT2D eigenvalue weighted by atomic mass is 32.2. The third-order valence-corrected chi connectivity index (χ3v) is 8.58. The van der Waals surface area contributed by atoms with Crippen molar-refractivity contribution < 1.29 is 17.6 Å². The average Bonchev–Trinajstić information content (AvgIpc) is 3.35. The Balaban J connectivity index is 1.47. The number of amides is 1. The second kappa shape index (κ2) is 10.1. The van der Waals surface area contributed by atoms with Crippen LogP contribution in [0.5, 0.6) is 0 Å². The van der Waals surface area contributed by atoms with Gasteiger partial charge in [0.2, 0.25) is 0 Å². The number of fused-ring (bicyclic) bond motifs is 1. The van der Waals surface area contributed by atoms with E-state index in [4.69, 9.17) is 0 Å². The zero-order valence-corrected chi connectivity index (χ0v) is 21.3. The van der Waals surface area contributed by atoms with Crippen molar-refractivity contribution in [1.82, 2.24) is 9.97 Å². The Hall–Kier alpha value is -4.15.